The van der Waals surface area contributed by atoms with Crippen LogP contribution in [0.15, 0.2) is 55.0 Å². The second kappa shape index (κ2) is 8.17. The van der Waals surface area contributed by atoms with Gasteiger partial charge in [-0.25, -0.2) is 4.98 Å². The minimum absolute atomic E-state index is 0. The molecule has 0 saturated carbocycles. The van der Waals surface area contributed by atoms with Crippen LogP contribution in [0.5, 0.6) is 5.88 Å². The van der Waals surface area contributed by atoms with Crippen molar-refractivity contribution in [2.45, 2.75) is 6.92 Å². The minimum Gasteiger partial charge on any atom is -0.481 e. The van der Waals surface area contributed by atoms with Crippen LogP contribution in [0.25, 0.3) is 33.2 Å². The molecule has 3 aromatic heterocycles. The Bertz CT molecular complexity index is 1020. The molecule has 4 rings (SSSR count). The molecule has 3 heterocycles. The fraction of sp³-hybridized carbons (Fsp3) is 0.105. The number of nitrogens with one attached hydrogen (secondary N) is 1. The number of halogens is 2. The van der Waals surface area contributed by atoms with E-state index in [1.165, 1.54) is 0 Å². The molecule has 1 aromatic carbocycles. The van der Waals surface area contributed by atoms with Gasteiger partial charge in [0.1, 0.15) is 0 Å². The molecule has 134 valence electrons. The zero-order valence-corrected chi connectivity index (χ0v) is 15.9. The highest BCUT2D eigenvalue weighted by atomic mass is 35.5. The highest BCUT2D eigenvalue weighted by Gasteiger charge is 2.09. The zero-order valence-electron chi connectivity index (χ0n) is 14.3. The van der Waals surface area contributed by atoms with Gasteiger partial charge >= 0.3 is 0 Å². The van der Waals surface area contributed by atoms with Crippen molar-refractivity contribution in [3.05, 3.63) is 60.7 Å². The maximum Gasteiger partial charge on any atom is 0.212 e. The maximum atomic E-state index is 5.14. The third-order valence-corrected chi connectivity index (χ3v) is 4.14. The number of aromatic nitrogens is 4. The summed E-state index contributed by atoms with van der Waals surface area (Å²) in [6.45, 7) is 2.02. The summed E-state index contributed by atoms with van der Waals surface area (Å²) < 4.78 is 5.14. The van der Waals surface area contributed by atoms with Gasteiger partial charge in [0.25, 0.3) is 0 Å². The third-order valence-electron chi connectivity index (χ3n) is 4.14. The van der Waals surface area contributed by atoms with E-state index in [1.807, 2.05) is 49.8 Å². The summed E-state index contributed by atoms with van der Waals surface area (Å²) in [5, 5.41) is 8.18. The van der Waals surface area contributed by atoms with E-state index in [4.69, 9.17) is 4.74 Å². The van der Waals surface area contributed by atoms with Crippen LogP contribution in [0, 0.1) is 6.92 Å². The minimum atomic E-state index is 0. The van der Waals surface area contributed by atoms with Gasteiger partial charge in [-0.1, -0.05) is 6.07 Å². The molecule has 0 aliphatic rings. The van der Waals surface area contributed by atoms with Gasteiger partial charge < -0.3 is 4.74 Å². The molecule has 7 heteroatoms. The predicted molar refractivity (Wildman–Crippen MR) is 108 cm³/mol. The number of ether oxygens (including phenoxy) is 1. The van der Waals surface area contributed by atoms with Crippen LogP contribution in [0.4, 0.5) is 0 Å². The lowest BCUT2D eigenvalue weighted by atomic mass is 9.98. The summed E-state index contributed by atoms with van der Waals surface area (Å²) in [5.74, 6) is 0.604. The Morgan fingerprint density at radius 1 is 0.885 bits per heavy atom. The van der Waals surface area contributed by atoms with Crippen molar-refractivity contribution >= 4 is 35.7 Å². The Kier molecular flexibility index (Phi) is 6.18. The number of benzene rings is 1. The van der Waals surface area contributed by atoms with Gasteiger partial charge in [-0.15, -0.1) is 24.8 Å². The first-order valence-electron chi connectivity index (χ1n) is 7.66. The lowest BCUT2D eigenvalue weighted by molar-refractivity contribution is 0.398. The topological polar surface area (TPSA) is 63.7 Å². The van der Waals surface area contributed by atoms with E-state index in [0.717, 1.165) is 38.9 Å². The van der Waals surface area contributed by atoms with E-state index in [9.17, 15) is 0 Å². The number of methoxy groups -OCH3 is 1. The fourth-order valence-electron chi connectivity index (χ4n) is 2.87. The van der Waals surface area contributed by atoms with Crippen molar-refractivity contribution in [1.29, 1.82) is 0 Å². The van der Waals surface area contributed by atoms with Gasteiger partial charge in [-0.2, -0.15) is 5.10 Å². The maximum absolute atomic E-state index is 5.14. The van der Waals surface area contributed by atoms with Crippen LogP contribution in [0.3, 0.4) is 0 Å². The van der Waals surface area contributed by atoms with E-state index in [2.05, 4.69) is 32.3 Å². The van der Waals surface area contributed by atoms with E-state index in [-0.39, 0.29) is 24.8 Å². The van der Waals surface area contributed by atoms with E-state index >= 15 is 0 Å². The van der Waals surface area contributed by atoms with Crippen LogP contribution in [-0.4, -0.2) is 27.3 Å². The summed E-state index contributed by atoms with van der Waals surface area (Å²) in [5.41, 5.74) is 6.34. The van der Waals surface area contributed by atoms with E-state index in [0.29, 0.717) is 5.88 Å². The normalized spacial score (nSPS) is 10.1. The van der Waals surface area contributed by atoms with Crippen molar-refractivity contribution in [1.82, 2.24) is 20.2 Å². The molecule has 0 radical (unpaired) electrons. The Balaban J connectivity index is 0.00000121. The molecule has 0 fully saturated rings. The van der Waals surface area contributed by atoms with E-state index < -0.39 is 0 Å². The standard InChI is InChI=1S/C19H16N4O.2ClH/c1-12-17(11-22-23-12)13-3-5-18-16(9-13)15(7-8-20-18)14-4-6-19(24-2)21-10-14;;/h3-11H,1-2H3,(H,22,23);2*1H. The quantitative estimate of drug-likeness (QED) is 0.544. The molecule has 0 saturated heterocycles. The Morgan fingerprint density at radius 2 is 1.69 bits per heavy atom. The highest BCUT2D eigenvalue weighted by molar-refractivity contribution is 5.96. The second-order valence-electron chi connectivity index (χ2n) is 5.59. The average molecular weight is 389 g/mol. The summed E-state index contributed by atoms with van der Waals surface area (Å²) in [6, 6.07) is 12.2. The van der Waals surface area contributed by atoms with E-state index in [1.54, 1.807) is 7.11 Å². The van der Waals surface area contributed by atoms with Crippen LogP contribution in [-0.2, 0) is 0 Å². The van der Waals surface area contributed by atoms with Crippen molar-refractivity contribution < 1.29 is 4.74 Å². The first kappa shape index (κ1) is 19.7. The molecular weight excluding hydrogens is 371 g/mol. The Morgan fingerprint density at radius 3 is 2.35 bits per heavy atom. The number of fused-ring (bicyclic) bond motifs is 1. The third kappa shape index (κ3) is 3.49. The van der Waals surface area contributed by atoms with Gasteiger partial charge in [0, 0.05) is 40.7 Å². The molecule has 0 spiro atoms. The Hall–Kier alpha value is -2.63. The molecule has 0 atom stereocenters. The molecule has 0 bridgehead atoms. The number of nitrogens with zero attached hydrogens (tertiary/aromatic N) is 3. The number of H-pyrrole nitrogens is 1. The first-order chi connectivity index (χ1) is 11.8. The van der Waals surface area contributed by atoms with Crippen LogP contribution >= 0.6 is 24.8 Å². The zero-order chi connectivity index (χ0) is 16.5. The second-order valence-corrected chi connectivity index (χ2v) is 5.59. The van der Waals surface area contributed by atoms with Crippen LogP contribution in [0.1, 0.15) is 5.69 Å². The molecule has 4 aromatic rings. The van der Waals surface area contributed by atoms with Crippen molar-refractivity contribution in [2.24, 2.45) is 0 Å². The molecular formula is C19H18Cl2N4O. The Labute approximate surface area is 163 Å². The SMILES string of the molecule is COc1ccc(-c2ccnc3ccc(-c4cn[nH]c4C)cc23)cn1.Cl.Cl. The average Bonchev–Trinajstić information content (AvgIpc) is 3.07. The monoisotopic (exact) mass is 388 g/mol. The van der Waals surface area contributed by atoms with Crippen LogP contribution in [0.2, 0.25) is 0 Å². The van der Waals surface area contributed by atoms with Gasteiger partial charge in [0.2, 0.25) is 5.88 Å². The number of aromatic amines is 1. The molecule has 1 N–H and O–H groups in total. The molecule has 5 nitrogen and oxygen atoms in total. The molecule has 0 aliphatic carbocycles. The number of hydrogen-bond acceptors (Lipinski definition) is 4. The number of rotatable bonds is 3. The van der Waals surface area contributed by atoms with Crippen molar-refractivity contribution in [2.75, 3.05) is 7.11 Å². The fourth-order valence-corrected chi connectivity index (χ4v) is 2.87. The lowest BCUT2D eigenvalue weighted by Crippen LogP contribution is -1.89. The highest BCUT2D eigenvalue weighted by Crippen LogP contribution is 2.31. The van der Waals surface area contributed by atoms with Crippen LogP contribution < -0.4 is 4.74 Å². The van der Waals surface area contributed by atoms with Gasteiger partial charge in [-0.05, 0) is 42.3 Å². The summed E-state index contributed by atoms with van der Waals surface area (Å²) in [6.07, 6.45) is 5.50. The van der Waals surface area contributed by atoms with Gasteiger partial charge in [-0.3, -0.25) is 10.1 Å². The van der Waals surface area contributed by atoms with Gasteiger partial charge in [0.05, 0.1) is 18.8 Å². The summed E-state index contributed by atoms with van der Waals surface area (Å²) in [4.78, 5) is 8.79. The summed E-state index contributed by atoms with van der Waals surface area (Å²) in [7, 11) is 1.61. The van der Waals surface area contributed by atoms with Crippen molar-refractivity contribution in [3.8, 4) is 28.1 Å². The number of aryl methyl sites for hydroxylation is 1. The largest absolute Gasteiger partial charge is 0.481 e. The number of hydrogen-bond donors (Lipinski definition) is 1. The summed E-state index contributed by atoms with van der Waals surface area (Å²) >= 11 is 0. The van der Waals surface area contributed by atoms with Crippen molar-refractivity contribution in [3.63, 3.8) is 0 Å². The smallest absolute Gasteiger partial charge is 0.212 e. The predicted octanol–water partition coefficient (Wildman–Crippen LogP) is 4.85. The number of pyridine rings is 2. The van der Waals surface area contributed by atoms with Gasteiger partial charge in [0.15, 0.2) is 0 Å². The molecule has 0 amide bonds. The lowest BCUT2D eigenvalue weighted by Gasteiger charge is -2.09. The first-order valence-corrected chi connectivity index (χ1v) is 7.66. The molecule has 0 unspecified atom stereocenters. The molecule has 26 heavy (non-hydrogen) atoms. The molecule has 0 aliphatic heterocycles.